The molecular formula is C7H3BrF3N3O. The Labute approximate surface area is 89.5 Å². The SMILES string of the molecule is Oc1cc(C(F)(F)F)nc2cc(Br)nn12. The first-order valence-corrected chi connectivity index (χ1v) is 4.50. The van der Waals surface area contributed by atoms with Crippen molar-refractivity contribution in [1.29, 1.82) is 0 Å². The van der Waals surface area contributed by atoms with E-state index in [0.717, 1.165) is 4.52 Å². The van der Waals surface area contributed by atoms with Gasteiger partial charge in [0.05, 0.1) is 0 Å². The van der Waals surface area contributed by atoms with E-state index in [1.165, 1.54) is 6.07 Å². The van der Waals surface area contributed by atoms with Gasteiger partial charge in [-0.1, -0.05) is 0 Å². The van der Waals surface area contributed by atoms with Gasteiger partial charge < -0.3 is 5.11 Å². The largest absolute Gasteiger partial charge is 0.493 e. The highest BCUT2D eigenvalue weighted by molar-refractivity contribution is 9.10. The van der Waals surface area contributed by atoms with Crippen LogP contribution in [0.2, 0.25) is 0 Å². The minimum atomic E-state index is -4.59. The third-order valence-electron chi connectivity index (χ3n) is 1.67. The first-order valence-electron chi connectivity index (χ1n) is 3.70. The normalized spacial score (nSPS) is 12.3. The number of hydrogen-bond donors (Lipinski definition) is 1. The molecule has 2 heterocycles. The van der Waals surface area contributed by atoms with Crippen LogP contribution in [0.5, 0.6) is 5.88 Å². The van der Waals surface area contributed by atoms with E-state index < -0.39 is 17.8 Å². The molecule has 4 nitrogen and oxygen atoms in total. The lowest BCUT2D eigenvalue weighted by molar-refractivity contribution is -0.141. The Bertz CT molecular complexity index is 522. The van der Waals surface area contributed by atoms with E-state index >= 15 is 0 Å². The number of nitrogens with zero attached hydrogens (tertiary/aromatic N) is 3. The van der Waals surface area contributed by atoms with Crippen molar-refractivity contribution >= 4 is 21.6 Å². The minimum absolute atomic E-state index is 0.0748. The quantitative estimate of drug-likeness (QED) is 0.806. The molecule has 2 aromatic heterocycles. The van der Waals surface area contributed by atoms with Crippen LogP contribution >= 0.6 is 15.9 Å². The van der Waals surface area contributed by atoms with Crippen molar-refractivity contribution in [1.82, 2.24) is 14.6 Å². The van der Waals surface area contributed by atoms with E-state index in [9.17, 15) is 18.3 Å². The Morgan fingerprint density at radius 3 is 2.60 bits per heavy atom. The van der Waals surface area contributed by atoms with Crippen LogP contribution in [0.1, 0.15) is 5.69 Å². The van der Waals surface area contributed by atoms with Gasteiger partial charge in [-0.05, 0) is 15.9 Å². The predicted octanol–water partition coefficient (Wildman–Crippen LogP) is 2.22. The highest BCUT2D eigenvalue weighted by Gasteiger charge is 2.33. The highest BCUT2D eigenvalue weighted by Crippen LogP contribution is 2.30. The second-order valence-corrected chi connectivity index (χ2v) is 3.55. The Balaban J connectivity index is 2.72. The van der Waals surface area contributed by atoms with Crippen LogP contribution in [0.4, 0.5) is 13.2 Å². The molecule has 0 radical (unpaired) electrons. The average Bonchev–Trinajstić information content (AvgIpc) is 2.44. The third kappa shape index (κ3) is 1.76. The van der Waals surface area contributed by atoms with Gasteiger partial charge in [0.2, 0.25) is 5.88 Å². The fraction of sp³-hybridized carbons (Fsp3) is 0.143. The second-order valence-electron chi connectivity index (χ2n) is 2.73. The summed E-state index contributed by atoms with van der Waals surface area (Å²) < 4.78 is 38.1. The van der Waals surface area contributed by atoms with Crippen molar-refractivity contribution in [2.24, 2.45) is 0 Å². The molecule has 0 aliphatic rings. The van der Waals surface area contributed by atoms with Crippen molar-refractivity contribution < 1.29 is 18.3 Å². The number of hydrogen-bond acceptors (Lipinski definition) is 3. The van der Waals surface area contributed by atoms with E-state index in [-0.39, 0.29) is 5.65 Å². The van der Waals surface area contributed by atoms with Crippen molar-refractivity contribution in [3.8, 4) is 5.88 Å². The molecule has 0 unspecified atom stereocenters. The van der Waals surface area contributed by atoms with E-state index in [1.807, 2.05) is 0 Å². The third-order valence-corrected chi connectivity index (χ3v) is 2.06. The number of halogens is 4. The van der Waals surface area contributed by atoms with Crippen LogP contribution in [-0.2, 0) is 6.18 Å². The molecule has 2 rings (SSSR count). The first-order chi connectivity index (χ1) is 6.88. The van der Waals surface area contributed by atoms with Gasteiger partial charge in [0.15, 0.2) is 11.3 Å². The summed E-state index contributed by atoms with van der Waals surface area (Å²) in [5.41, 5.74) is -1.23. The van der Waals surface area contributed by atoms with E-state index in [0.29, 0.717) is 10.7 Å². The van der Waals surface area contributed by atoms with Crippen molar-refractivity contribution in [2.75, 3.05) is 0 Å². The molecule has 2 aromatic rings. The Morgan fingerprint density at radius 1 is 1.33 bits per heavy atom. The lowest BCUT2D eigenvalue weighted by atomic mass is 10.4. The highest BCUT2D eigenvalue weighted by atomic mass is 79.9. The summed E-state index contributed by atoms with van der Waals surface area (Å²) in [6, 6.07) is 1.79. The molecule has 0 amide bonds. The maximum Gasteiger partial charge on any atom is 0.433 e. The zero-order valence-corrected chi connectivity index (χ0v) is 8.54. The zero-order chi connectivity index (χ0) is 11.2. The molecule has 0 aliphatic carbocycles. The molecule has 15 heavy (non-hydrogen) atoms. The van der Waals surface area contributed by atoms with Gasteiger partial charge in [0.25, 0.3) is 0 Å². The fourth-order valence-corrected chi connectivity index (χ4v) is 1.44. The lowest BCUT2D eigenvalue weighted by Gasteiger charge is -2.06. The van der Waals surface area contributed by atoms with Crippen molar-refractivity contribution in [3.63, 3.8) is 0 Å². The topological polar surface area (TPSA) is 50.4 Å². The van der Waals surface area contributed by atoms with E-state index in [2.05, 4.69) is 26.0 Å². The van der Waals surface area contributed by atoms with Gasteiger partial charge in [-0.25, -0.2) is 4.98 Å². The zero-order valence-electron chi connectivity index (χ0n) is 6.96. The molecule has 0 saturated heterocycles. The number of aromatic hydroxyl groups is 1. The summed E-state index contributed by atoms with van der Waals surface area (Å²) in [5.74, 6) is -0.613. The summed E-state index contributed by atoms with van der Waals surface area (Å²) in [6.45, 7) is 0. The molecule has 80 valence electrons. The molecule has 0 saturated carbocycles. The summed E-state index contributed by atoms with van der Waals surface area (Å²) in [4.78, 5) is 3.31. The van der Waals surface area contributed by atoms with Crippen molar-refractivity contribution in [3.05, 3.63) is 22.4 Å². The van der Waals surface area contributed by atoms with E-state index in [1.54, 1.807) is 0 Å². The summed E-state index contributed by atoms with van der Waals surface area (Å²) in [7, 11) is 0. The molecular weight excluding hydrogens is 279 g/mol. The minimum Gasteiger partial charge on any atom is -0.493 e. The molecule has 0 spiro atoms. The number of alkyl halides is 3. The first kappa shape index (κ1) is 10.2. The molecule has 0 atom stereocenters. The van der Waals surface area contributed by atoms with Crippen molar-refractivity contribution in [2.45, 2.75) is 6.18 Å². The van der Waals surface area contributed by atoms with Crippen LogP contribution in [0.15, 0.2) is 16.7 Å². The molecule has 0 aliphatic heterocycles. The molecule has 0 aromatic carbocycles. The Kier molecular flexibility index (Phi) is 2.10. The van der Waals surface area contributed by atoms with Gasteiger partial charge in [0, 0.05) is 12.1 Å². The standard InChI is InChI=1S/C7H3BrF3N3O/c8-4-2-5-12-3(7(9,10)11)1-6(15)14(5)13-4/h1-2,15H. The van der Waals surface area contributed by atoms with E-state index in [4.69, 9.17) is 0 Å². The average molecular weight is 282 g/mol. The molecule has 0 bridgehead atoms. The van der Waals surface area contributed by atoms with Gasteiger partial charge in [-0.15, -0.1) is 0 Å². The predicted molar refractivity (Wildman–Crippen MR) is 47.4 cm³/mol. The number of rotatable bonds is 0. The Hall–Kier alpha value is -1.31. The second kappa shape index (κ2) is 3.09. The Morgan fingerprint density at radius 2 is 2.00 bits per heavy atom. The summed E-state index contributed by atoms with van der Waals surface area (Å²) >= 11 is 2.97. The molecule has 0 fully saturated rings. The molecule has 1 N–H and O–H groups in total. The van der Waals surface area contributed by atoms with Gasteiger partial charge in [0.1, 0.15) is 4.60 Å². The smallest absolute Gasteiger partial charge is 0.433 e. The molecule has 8 heteroatoms. The van der Waals surface area contributed by atoms with Crippen LogP contribution in [-0.4, -0.2) is 19.7 Å². The van der Waals surface area contributed by atoms with Crippen LogP contribution < -0.4 is 0 Å². The van der Waals surface area contributed by atoms with Gasteiger partial charge in [-0.3, -0.25) is 0 Å². The summed E-state index contributed by atoms with van der Waals surface area (Å²) in [5, 5.41) is 13.0. The number of fused-ring (bicyclic) bond motifs is 1. The monoisotopic (exact) mass is 281 g/mol. The lowest BCUT2D eigenvalue weighted by Crippen LogP contribution is -2.09. The van der Waals surface area contributed by atoms with Gasteiger partial charge in [-0.2, -0.15) is 22.8 Å². The van der Waals surface area contributed by atoms with Crippen LogP contribution in [0.25, 0.3) is 5.65 Å². The van der Waals surface area contributed by atoms with Crippen LogP contribution in [0.3, 0.4) is 0 Å². The number of aromatic nitrogens is 3. The summed E-state index contributed by atoms with van der Waals surface area (Å²) in [6.07, 6.45) is -4.59. The van der Waals surface area contributed by atoms with Crippen LogP contribution in [0, 0.1) is 0 Å². The van der Waals surface area contributed by atoms with Gasteiger partial charge >= 0.3 is 6.18 Å². The maximum absolute atomic E-state index is 12.3. The maximum atomic E-state index is 12.3. The fourth-order valence-electron chi connectivity index (χ4n) is 1.08.